The van der Waals surface area contributed by atoms with E-state index >= 15 is 0 Å². The van der Waals surface area contributed by atoms with Gasteiger partial charge in [-0.05, 0) is 24.0 Å². The fraction of sp³-hybridized carbons (Fsp3) is 0.500. The molecular formula is C14H22N2O. The molecule has 3 heteroatoms. The van der Waals surface area contributed by atoms with Crippen LogP contribution < -0.4 is 11.1 Å². The van der Waals surface area contributed by atoms with E-state index in [0.717, 1.165) is 18.5 Å². The molecule has 0 saturated carbocycles. The summed E-state index contributed by atoms with van der Waals surface area (Å²) in [5.74, 6) is 0.0388. The number of carbonyl (C=O) groups is 1. The van der Waals surface area contributed by atoms with Crippen LogP contribution >= 0.6 is 0 Å². The molecule has 0 aromatic heterocycles. The van der Waals surface area contributed by atoms with Gasteiger partial charge in [0.25, 0.3) is 0 Å². The number of benzene rings is 1. The van der Waals surface area contributed by atoms with Gasteiger partial charge in [-0.25, -0.2) is 0 Å². The molecular weight excluding hydrogens is 212 g/mol. The summed E-state index contributed by atoms with van der Waals surface area (Å²) in [5.41, 5.74) is 7.87. The van der Waals surface area contributed by atoms with Gasteiger partial charge in [-0.1, -0.05) is 45.4 Å². The molecule has 94 valence electrons. The predicted octanol–water partition coefficient (Wildman–Crippen LogP) is 2.56. The third-order valence-corrected chi connectivity index (χ3v) is 2.82. The van der Waals surface area contributed by atoms with E-state index in [1.165, 1.54) is 5.56 Å². The van der Waals surface area contributed by atoms with Crippen molar-refractivity contribution < 1.29 is 4.79 Å². The van der Waals surface area contributed by atoms with E-state index < -0.39 is 6.04 Å². The number of para-hydroxylation sites is 1. The first-order chi connectivity index (χ1) is 8.06. The summed E-state index contributed by atoms with van der Waals surface area (Å²) in [6.07, 6.45) is 2.02. The van der Waals surface area contributed by atoms with Crippen LogP contribution in [0.2, 0.25) is 0 Å². The maximum atomic E-state index is 11.9. The smallest absolute Gasteiger partial charge is 0.241 e. The number of carbonyl (C=O) groups excluding carboxylic acids is 1. The van der Waals surface area contributed by atoms with Crippen LogP contribution in [-0.4, -0.2) is 11.9 Å². The Kier molecular flexibility index (Phi) is 5.16. The topological polar surface area (TPSA) is 55.1 Å². The molecule has 0 aliphatic rings. The maximum absolute atomic E-state index is 11.9. The maximum Gasteiger partial charge on any atom is 0.241 e. The zero-order valence-corrected chi connectivity index (χ0v) is 10.9. The van der Waals surface area contributed by atoms with Crippen molar-refractivity contribution in [1.29, 1.82) is 0 Å². The molecule has 0 fully saturated rings. The summed E-state index contributed by atoms with van der Waals surface area (Å²) in [5, 5.41) is 2.91. The van der Waals surface area contributed by atoms with E-state index in [1.807, 2.05) is 38.1 Å². The Morgan fingerprint density at radius 3 is 2.59 bits per heavy atom. The molecule has 3 N–H and O–H groups in total. The number of anilines is 1. The minimum atomic E-state index is -0.454. The van der Waals surface area contributed by atoms with Gasteiger partial charge < -0.3 is 11.1 Å². The van der Waals surface area contributed by atoms with Crippen molar-refractivity contribution in [2.75, 3.05) is 5.32 Å². The number of amides is 1. The molecule has 0 bridgehead atoms. The normalized spacial score (nSPS) is 12.5. The number of nitrogens with two attached hydrogens (primary N) is 1. The van der Waals surface area contributed by atoms with Gasteiger partial charge in [-0.15, -0.1) is 0 Å². The van der Waals surface area contributed by atoms with Crippen LogP contribution in [0.4, 0.5) is 5.69 Å². The van der Waals surface area contributed by atoms with Gasteiger partial charge in [0.2, 0.25) is 5.91 Å². The van der Waals surface area contributed by atoms with E-state index in [-0.39, 0.29) is 11.8 Å². The van der Waals surface area contributed by atoms with Gasteiger partial charge >= 0.3 is 0 Å². The van der Waals surface area contributed by atoms with Crippen molar-refractivity contribution >= 4 is 11.6 Å². The fourth-order valence-corrected chi connectivity index (χ4v) is 1.65. The van der Waals surface area contributed by atoms with Gasteiger partial charge in [-0.2, -0.15) is 0 Å². The Morgan fingerprint density at radius 1 is 1.35 bits per heavy atom. The second-order valence-electron chi connectivity index (χ2n) is 4.67. The Morgan fingerprint density at radius 2 is 2.00 bits per heavy atom. The highest BCUT2D eigenvalue weighted by molar-refractivity contribution is 5.95. The van der Waals surface area contributed by atoms with Crippen molar-refractivity contribution in [3.8, 4) is 0 Å². The molecule has 0 spiro atoms. The van der Waals surface area contributed by atoms with E-state index in [4.69, 9.17) is 5.73 Å². The minimum absolute atomic E-state index is 0.108. The molecule has 17 heavy (non-hydrogen) atoms. The lowest BCUT2D eigenvalue weighted by molar-refractivity contribution is -0.118. The Bertz CT molecular complexity index is 374. The van der Waals surface area contributed by atoms with Crippen LogP contribution in [0, 0.1) is 5.92 Å². The van der Waals surface area contributed by atoms with Crippen LogP contribution in [-0.2, 0) is 11.2 Å². The Balaban J connectivity index is 2.77. The van der Waals surface area contributed by atoms with E-state index in [1.54, 1.807) is 0 Å². The summed E-state index contributed by atoms with van der Waals surface area (Å²) in [6.45, 7) is 6.02. The zero-order valence-electron chi connectivity index (χ0n) is 10.9. The van der Waals surface area contributed by atoms with Crippen molar-refractivity contribution in [3.05, 3.63) is 29.8 Å². The third kappa shape index (κ3) is 3.86. The van der Waals surface area contributed by atoms with Crippen molar-refractivity contribution in [3.63, 3.8) is 0 Å². The van der Waals surface area contributed by atoms with Gasteiger partial charge in [0.1, 0.15) is 0 Å². The lowest BCUT2D eigenvalue weighted by Gasteiger charge is -2.17. The molecule has 1 aromatic carbocycles. The second kappa shape index (κ2) is 6.40. The quantitative estimate of drug-likeness (QED) is 0.822. The minimum Gasteiger partial charge on any atom is -0.324 e. The van der Waals surface area contributed by atoms with Crippen molar-refractivity contribution in [1.82, 2.24) is 0 Å². The summed E-state index contributed by atoms with van der Waals surface area (Å²) < 4.78 is 0. The Hall–Kier alpha value is -1.35. The first-order valence-corrected chi connectivity index (χ1v) is 6.20. The van der Waals surface area contributed by atoms with Crippen molar-refractivity contribution in [2.24, 2.45) is 11.7 Å². The number of aryl methyl sites for hydroxylation is 1. The first-order valence-electron chi connectivity index (χ1n) is 6.20. The summed E-state index contributed by atoms with van der Waals surface area (Å²) in [6, 6.07) is 7.43. The number of nitrogens with one attached hydrogen (secondary N) is 1. The second-order valence-corrected chi connectivity index (χ2v) is 4.67. The van der Waals surface area contributed by atoms with Gasteiger partial charge in [0.15, 0.2) is 0 Å². The monoisotopic (exact) mass is 234 g/mol. The van der Waals surface area contributed by atoms with Crippen LogP contribution in [0.15, 0.2) is 24.3 Å². The third-order valence-electron chi connectivity index (χ3n) is 2.82. The molecule has 0 aliphatic carbocycles. The molecule has 0 aliphatic heterocycles. The summed E-state index contributed by atoms with van der Waals surface area (Å²) in [4.78, 5) is 11.9. The predicted molar refractivity (Wildman–Crippen MR) is 71.9 cm³/mol. The molecule has 0 radical (unpaired) electrons. The lowest BCUT2D eigenvalue weighted by Crippen LogP contribution is -2.39. The molecule has 0 heterocycles. The number of hydrogen-bond donors (Lipinski definition) is 2. The molecule has 1 rings (SSSR count). The average Bonchev–Trinajstić information content (AvgIpc) is 2.30. The van der Waals surface area contributed by atoms with E-state index in [9.17, 15) is 4.79 Å². The fourth-order valence-electron chi connectivity index (χ4n) is 1.65. The Labute approximate surface area is 103 Å². The molecule has 0 unspecified atom stereocenters. The molecule has 0 saturated heterocycles. The summed E-state index contributed by atoms with van der Waals surface area (Å²) >= 11 is 0. The highest BCUT2D eigenvalue weighted by atomic mass is 16.2. The van der Waals surface area contributed by atoms with Crippen LogP contribution in [0.5, 0.6) is 0 Å². The average molecular weight is 234 g/mol. The molecule has 1 aromatic rings. The van der Waals surface area contributed by atoms with Gasteiger partial charge in [0.05, 0.1) is 6.04 Å². The molecule has 1 atom stereocenters. The molecule has 1 amide bonds. The van der Waals surface area contributed by atoms with Gasteiger partial charge in [-0.3, -0.25) is 4.79 Å². The highest BCUT2D eigenvalue weighted by Crippen LogP contribution is 2.17. The van der Waals surface area contributed by atoms with E-state index in [2.05, 4.69) is 12.2 Å². The lowest BCUT2D eigenvalue weighted by atomic mass is 10.0. The standard InChI is InChI=1S/C14H22N2O/c1-4-7-11-8-5-6-9-12(11)16-14(17)13(15)10(2)3/h5-6,8-10,13H,4,7,15H2,1-3H3,(H,16,17)/t13-/m1/s1. The number of hydrogen-bond acceptors (Lipinski definition) is 2. The van der Waals surface area contributed by atoms with E-state index in [0.29, 0.717) is 0 Å². The summed E-state index contributed by atoms with van der Waals surface area (Å²) in [7, 11) is 0. The first kappa shape index (κ1) is 13.7. The highest BCUT2D eigenvalue weighted by Gasteiger charge is 2.17. The zero-order chi connectivity index (χ0) is 12.8. The molecule has 3 nitrogen and oxygen atoms in total. The van der Waals surface area contributed by atoms with Crippen LogP contribution in [0.1, 0.15) is 32.8 Å². The van der Waals surface area contributed by atoms with Crippen LogP contribution in [0.25, 0.3) is 0 Å². The SMILES string of the molecule is CCCc1ccccc1NC(=O)[C@H](N)C(C)C. The van der Waals surface area contributed by atoms with Crippen LogP contribution in [0.3, 0.4) is 0 Å². The largest absolute Gasteiger partial charge is 0.324 e. The van der Waals surface area contributed by atoms with Gasteiger partial charge in [0, 0.05) is 5.69 Å². The number of rotatable bonds is 5. The van der Waals surface area contributed by atoms with Crippen molar-refractivity contribution in [2.45, 2.75) is 39.7 Å².